The number of aliphatic carboxylic acids is 1. The van der Waals surface area contributed by atoms with Gasteiger partial charge in [0.05, 0.1) is 24.0 Å². The molecule has 2 bridgehead atoms. The van der Waals surface area contributed by atoms with E-state index in [2.05, 4.69) is 5.32 Å². The van der Waals surface area contributed by atoms with Crippen molar-refractivity contribution in [1.29, 1.82) is 0 Å². The molecule has 1 saturated carbocycles. The first-order chi connectivity index (χ1) is 14.0. The van der Waals surface area contributed by atoms with Gasteiger partial charge in [-0.05, 0) is 56.4 Å². The zero-order valence-electron chi connectivity index (χ0n) is 16.6. The van der Waals surface area contributed by atoms with E-state index in [0.717, 1.165) is 42.5 Å². The highest BCUT2D eigenvalue weighted by atomic mass is 32.1. The molecule has 0 spiro atoms. The highest BCUT2D eigenvalue weighted by molar-refractivity contribution is 7.17. The lowest BCUT2D eigenvalue weighted by Gasteiger charge is -2.23. The Morgan fingerprint density at radius 2 is 1.79 bits per heavy atom. The molecular weight excluding hydrogens is 390 g/mol. The van der Waals surface area contributed by atoms with Crippen molar-refractivity contribution < 1.29 is 24.2 Å². The number of carbonyl (C=O) groups excluding carboxylic acids is 2. The largest absolute Gasteiger partial charge is 0.481 e. The summed E-state index contributed by atoms with van der Waals surface area (Å²) in [4.78, 5) is 38.8. The third-order valence-electron chi connectivity index (χ3n) is 6.43. The van der Waals surface area contributed by atoms with Crippen molar-refractivity contribution in [2.75, 3.05) is 11.9 Å². The Balaban J connectivity index is 1.64. The molecule has 0 saturated heterocycles. The number of rotatable bonds is 5. The number of esters is 1. The topological polar surface area (TPSA) is 92.7 Å². The highest BCUT2D eigenvalue weighted by Crippen LogP contribution is 2.49. The number of carbonyl (C=O) groups is 3. The molecule has 7 heteroatoms. The molecule has 4 rings (SSSR count). The molecule has 3 aliphatic rings. The SMILES string of the molecule is CCOC(=O)c1c(NC(=O)C2C3C=CC(C3)C2C(=O)O)sc2c1CCCCCC2. The van der Waals surface area contributed by atoms with Crippen LogP contribution in [0.1, 0.15) is 59.8 Å². The van der Waals surface area contributed by atoms with Crippen molar-refractivity contribution in [2.24, 2.45) is 23.7 Å². The van der Waals surface area contributed by atoms with Gasteiger partial charge in [0.15, 0.2) is 0 Å². The zero-order chi connectivity index (χ0) is 20.5. The standard InChI is InChI=1S/C22H27NO5S/c1-2-28-22(27)18-14-7-5-3-4-6-8-15(14)29-20(18)23-19(24)16-12-9-10-13(11-12)17(16)21(25)26/h9-10,12-13,16-17H,2-8,11H2,1H3,(H,23,24)(H,25,26). The number of anilines is 1. The molecule has 1 aromatic heterocycles. The Kier molecular flexibility index (Phi) is 5.76. The van der Waals surface area contributed by atoms with Gasteiger partial charge < -0.3 is 15.2 Å². The first-order valence-corrected chi connectivity index (χ1v) is 11.4. The number of amides is 1. The molecule has 4 atom stereocenters. The monoisotopic (exact) mass is 417 g/mol. The average Bonchev–Trinajstić information content (AvgIpc) is 3.35. The van der Waals surface area contributed by atoms with E-state index >= 15 is 0 Å². The van der Waals surface area contributed by atoms with Crippen LogP contribution in [0.3, 0.4) is 0 Å². The number of carboxylic acids is 1. The molecule has 2 N–H and O–H groups in total. The lowest BCUT2D eigenvalue weighted by atomic mass is 9.82. The molecule has 0 aromatic carbocycles. The lowest BCUT2D eigenvalue weighted by Crippen LogP contribution is -2.36. The van der Waals surface area contributed by atoms with Crippen molar-refractivity contribution >= 4 is 34.2 Å². The van der Waals surface area contributed by atoms with Crippen LogP contribution in [0, 0.1) is 23.7 Å². The third kappa shape index (κ3) is 3.72. The predicted molar refractivity (Wildman–Crippen MR) is 110 cm³/mol. The van der Waals surface area contributed by atoms with Crippen LogP contribution >= 0.6 is 11.3 Å². The molecule has 0 radical (unpaired) electrons. The van der Waals surface area contributed by atoms with Gasteiger partial charge >= 0.3 is 11.9 Å². The molecule has 0 aliphatic heterocycles. The van der Waals surface area contributed by atoms with Crippen molar-refractivity contribution in [1.82, 2.24) is 0 Å². The van der Waals surface area contributed by atoms with Crippen LogP contribution in [-0.2, 0) is 27.2 Å². The van der Waals surface area contributed by atoms with Crippen LogP contribution in [0.2, 0.25) is 0 Å². The lowest BCUT2D eigenvalue weighted by molar-refractivity contribution is -0.146. The van der Waals surface area contributed by atoms with Gasteiger partial charge in [0, 0.05) is 4.88 Å². The summed E-state index contributed by atoms with van der Waals surface area (Å²) in [6.07, 6.45) is 10.7. The Morgan fingerprint density at radius 1 is 1.10 bits per heavy atom. The molecule has 1 heterocycles. The molecule has 1 amide bonds. The summed E-state index contributed by atoms with van der Waals surface area (Å²) in [7, 11) is 0. The maximum absolute atomic E-state index is 13.1. The quantitative estimate of drug-likeness (QED) is 0.557. The summed E-state index contributed by atoms with van der Waals surface area (Å²) < 4.78 is 5.29. The normalized spacial score (nSPS) is 27.8. The summed E-state index contributed by atoms with van der Waals surface area (Å²) in [5.41, 5.74) is 1.48. The maximum Gasteiger partial charge on any atom is 0.341 e. The Hall–Kier alpha value is -2.15. The summed E-state index contributed by atoms with van der Waals surface area (Å²) in [5.74, 6) is -3.04. The Morgan fingerprint density at radius 3 is 2.48 bits per heavy atom. The van der Waals surface area contributed by atoms with Gasteiger partial charge in [-0.25, -0.2) is 4.79 Å². The summed E-state index contributed by atoms with van der Waals surface area (Å²) in [6.45, 7) is 2.04. The summed E-state index contributed by atoms with van der Waals surface area (Å²) >= 11 is 1.46. The van der Waals surface area contributed by atoms with E-state index < -0.39 is 23.8 Å². The van der Waals surface area contributed by atoms with Gasteiger partial charge in [-0.15, -0.1) is 11.3 Å². The molecule has 156 valence electrons. The van der Waals surface area contributed by atoms with E-state index in [9.17, 15) is 19.5 Å². The van der Waals surface area contributed by atoms with Gasteiger partial charge in [-0.1, -0.05) is 25.0 Å². The second kappa shape index (κ2) is 8.30. The smallest absolute Gasteiger partial charge is 0.341 e. The molecule has 4 unspecified atom stereocenters. The highest BCUT2D eigenvalue weighted by Gasteiger charge is 2.51. The fourth-order valence-corrected chi connectivity index (χ4v) is 6.42. The fraction of sp³-hybridized carbons (Fsp3) is 0.591. The predicted octanol–water partition coefficient (Wildman–Crippen LogP) is 4.05. The minimum atomic E-state index is -0.925. The van der Waals surface area contributed by atoms with Crippen molar-refractivity contribution in [3.8, 4) is 0 Å². The van der Waals surface area contributed by atoms with Crippen LogP contribution in [-0.4, -0.2) is 29.6 Å². The van der Waals surface area contributed by atoms with E-state index in [1.165, 1.54) is 17.8 Å². The average molecular weight is 418 g/mol. The number of carboxylic acid groups (broad SMARTS) is 1. The number of ether oxygens (including phenoxy) is 1. The van der Waals surface area contributed by atoms with Crippen LogP contribution in [0.5, 0.6) is 0 Å². The van der Waals surface area contributed by atoms with Crippen molar-refractivity contribution in [3.63, 3.8) is 0 Å². The van der Waals surface area contributed by atoms with Gasteiger partial charge in [-0.2, -0.15) is 0 Å². The van der Waals surface area contributed by atoms with Crippen LogP contribution < -0.4 is 5.32 Å². The van der Waals surface area contributed by atoms with E-state index in [1.54, 1.807) is 6.92 Å². The van der Waals surface area contributed by atoms with E-state index in [0.29, 0.717) is 17.0 Å². The first kappa shape index (κ1) is 20.1. The molecular formula is C22H27NO5S. The first-order valence-electron chi connectivity index (χ1n) is 10.5. The van der Waals surface area contributed by atoms with E-state index in [4.69, 9.17) is 4.74 Å². The summed E-state index contributed by atoms with van der Waals surface area (Å²) in [6, 6.07) is 0. The second-order valence-electron chi connectivity index (χ2n) is 8.17. The Labute approximate surface area is 174 Å². The minimum absolute atomic E-state index is 0.0480. The van der Waals surface area contributed by atoms with Gasteiger partial charge in [0.2, 0.25) is 5.91 Å². The van der Waals surface area contributed by atoms with Gasteiger partial charge in [-0.3, -0.25) is 9.59 Å². The number of nitrogens with one attached hydrogen (secondary N) is 1. The van der Waals surface area contributed by atoms with E-state index in [1.807, 2.05) is 12.2 Å². The van der Waals surface area contributed by atoms with Gasteiger partial charge in [0.1, 0.15) is 5.00 Å². The number of thiophene rings is 1. The fourth-order valence-electron chi connectivity index (χ4n) is 5.14. The molecule has 1 aromatic rings. The molecule has 29 heavy (non-hydrogen) atoms. The second-order valence-corrected chi connectivity index (χ2v) is 9.28. The third-order valence-corrected chi connectivity index (χ3v) is 7.64. The zero-order valence-corrected chi connectivity index (χ0v) is 17.4. The number of fused-ring (bicyclic) bond motifs is 3. The van der Waals surface area contributed by atoms with Gasteiger partial charge in [0.25, 0.3) is 0 Å². The number of aryl methyl sites for hydroxylation is 1. The minimum Gasteiger partial charge on any atom is -0.481 e. The maximum atomic E-state index is 13.1. The van der Waals surface area contributed by atoms with Crippen molar-refractivity contribution in [2.45, 2.75) is 51.9 Å². The van der Waals surface area contributed by atoms with Crippen LogP contribution in [0.25, 0.3) is 0 Å². The molecule has 6 nitrogen and oxygen atoms in total. The number of hydrogen-bond donors (Lipinski definition) is 2. The molecule has 1 fully saturated rings. The number of hydrogen-bond acceptors (Lipinski definition) is 5. The van der Waals surface area contributed by atoms with Crippen molar-refractivity contribution in [3.05, 3.63) is 28.2 Å². The van der Waals surface area contributed by atoms with E-state index in [-0.39, 0.29) is 24.3 Å². The summed E-state index contributed by atoms with van der Waals surface area (Å²) in [5, 5.41) is 13.1. The number of allylic oxidation sites excluding steroid dienone is 2. The van der Waals surface area contributed by atoms with Crippen LogP contribution in [0.4, 0.5) is 5.00 Å². The molecule has 3 aliphatic carbocycles. The van der Waals surface area contributed by atoms with Crippen LogP contribution in [0.15, 0.2) is 12.2 Å². The Bertz CT molecular complexity index is 858.